The number of nitrogens with zero attached hydrogens (tertiary/aromatic N) is 1. The maximum absolute atomic E-state index is 13.8. The molecular weight excluding hydrogens is 247 g/mol. The lowest BCUT2D eigenvalue weighted by atomic mass is 10.0. The van der Waals surface area contributed by atoms with Gasteiger partial charge in [0.1, 0.15) is 0 Å². The van der Waals surface area contributed by atoms with Gasteiger partial charge in [-0.15, -0.1) is 0 Å². The van der Waals surface area contributed by atoms with E-state index in [1.165, 1.54) is 13.2 Å². The molecule has 5 heteroatoms. The van der Waals surface area contributed by atoms with Crippen molar-refractivity contribution in [2.24, 2.45) is 5.73 Å². The van der Waals surface area contributed by atoms with Gasteiger partial charge in [0.15, 0.2) is 11.6 Å². The van der Waals surface area contributed by atoms with Crippen molar-refractivity contribution in [1.82, 2.24) is 4.90 Å². The van der Waals surface area contributed by atoms with E-state index in [4.69, 9.17) is 10.5 Å². The summed E-state index contributed by atoms with van der Waals surface area (Å²) in [4.78, 5) is 13.6. The lowest BCUT2D eigenvalue weighted by Gasteiger charge is -2.27. The third-order valence-corrected chi connectivity index (χ3v) is 3.45. The standard InChI is InChI=1S/C14H19FN2O2/c1-3-6-17-13(18)8-11(16)14(17)9-4-5-12(19-2)10(15)7-9/h4-5,7,11,14H,3,6,8,16H2,1-2H3. The number of amides is 1. The first kappa shape index (κ1) is 13.8. The molecule has 1 aromatic carbocycles. The summed E-state index contributed by atoms with van der Waals surface area (Å²) in [5.74, 6) is -0.192. The van der Waals surface area contributed by atoms with E-state index in [2.05, 4.69) is 0 Å². The lowest BCUT2D eigenvalue weighted by molar-refractivity contribution is -0.129. The molecule has 2 unspecified atom stereocenters. The van der Waals surface area contributed by atoms with E-state index in [1.54, 1.807) is 17.0 Å². The number of benzene rings is 1. The Kier molecular flexibility index (Phi) is 4.04. The highest BCUT2D eigenvalue weighted by Crippen LogP contribution is 2.33. The van der Waals surface area contributed by atoms with Crippen molar-refractivity contribution < 1.29 is 13.9 Å². The fourth-order valence-corrected chi connectivity index (χ4v) is 2.62. The molecule has 1 heterocycles. The molecule has 2 atom stereocenters. The Balaban J connectivity index is 2.32. The number of hydrogen-bond donors (Lipinski definition) is 1. The van der Waals surface area contributed by atoms with Crippen LogP contribution < -0.4 is 10.5 Å². The van der Waals surface area contributed by atoms with Gasteiger partial charge in [-0.3, -0.25) is 4.79 Å². The van der Waals surface area contributed by atoms with Crippen molar-refractivity contribution in [2.75, 3.05) is 13.7 Å². The molecule has 0 radical (unpaired) electrons. The van der Waals surface area contributed by atoms with E-state index >= 15 is 0 Å². The predicted molar refractivity (Wildman–Crippen MR) is 70.3 cm³/mol. The third kappa shape index (κ3) is 2.56. The fraction of sp³-hybridized carbons (Fsp3) is 0.500. The van der Waals surface area contributed by atoms with Crippen LogP contribution in [0.3, 0.4) is 0 Å². The number of carbonyl (C=O) groups is 1. The number of methoxy groups -OCH3 is 1. The molecule has 0 bridgehead atoms. The monoisotopic (exact) mass is 266 g/mol. The Morgan fingerprint density at radius 3 is 2.84 bits per heavy atom. The average Bonchev–Trinajstić information content (AvgIpc) is 2.65. The van der Waals surface area contributed by atoms with Gasteiger partial charge in [0.25, 0.3) is 0 Å². The van der Waals surface area contributed by atoms with Crippen LogP contribution in [-0.4, -0.2) is 30.5 Å². The highest BCUT2D eigenvalue weighted by atomic mass is 19.1. The predicted octanol–water partition coefficient (Wildman–Crippen LogP) is 1.84. The molecule has 19 heavy (non-hydrogen) atoms. The summed E-state index contributed by atoms with van der Waals surface area (Å²) in [6, 6.07) is 4.22. The van der Waals surface area contributed by atoms with Gasteiger partial charge in [-0.25, -0.2) is 4.39 Å². The smallest absolute Gasteiger partial charge is 0.224 e. The minimum absolute atomic E-state index is 0.0376. The quantitative estimate of drug-likeness (QED) is 0.904. The lowest BCUT2D eigenvalue weighted by Crippen LogP contribution is -2.33. The summed E-state index contributed by atoms with van der Waals surface area (Å²) in [7, 11) is 1.42. The Labute approximate surface area is 112 Å². The molecule has 1 aromatic rings. The summed E-state index contributed by atoms with van der Waals surface area (Å²) in [6.45, 7) is 2.65. The van der Waals surface area contributed by atoms with Gasteiger partial charge in [-0.05, 0) is 24.1 Å². The maximum Gasteiger partial charge on any atom is 0.224 e. The van der Waals surface area contributed by atoms with Crippen LogP contribution in [0.15, 0.2) is 18.2 Å². The first-order valence-electron chi connectivity index (χ1n) is 6.47. The number of hydrogen-bond acceptors (Lipinski definition) is 3. The Hall–Kier alpha value is -1.62. The zero-order chi connectivity index (χ0) is 14.0. The SMILES string of the molecule is CCCN1C(=O)CC(N)C1c1ccc(OC)c(F)c1. The normalized spacial score (nSPS) is 22.9. The number of likely N-dealkylation sites (tertiary alicyclic amines) is 1. The van der Waals surface area contributed by atoms with Crippen LogP contribution in [0, 0.1) is 5.82 Å². The highest BCUT2D eigenvalue weighted by molar-refractivity contribution is 5.80. The molecule has 0 aromatic heterocycles. The summed E-state index contributed by atoms with van der Waals surface area (Å²) in [5, 5.41) is 0. The van der Waals surface area contributed by atoms with Crippen molar-refractivity contribution >= 4 is 5.91 Å². The maximum atomic E-state index is 13.8. The van der Waals surface area contributed by atoms with Crippen LogP contribution in [0.1, 0.15) is 31.4 Å². The average molecular weight is 266 g/mol. The Morgan fingerprint density at radius 2 is 2.26 bits per heavy atom. The molecule has 1 saturated heterocycles. The zero-order valence-corrected chi connectivity index (χ0v) is 11.2. The summed E-state index contributed by atoms with van der Waals surface area (Å²) in [5.41, 5.74) is 6.75. The van der Waals surface area contributed by atoms with Crippen LogP contribution >= 0.6 is 0 Å². The van der Waals surface area contributed by atoms with Gasteiger partial charge in [-0.1, -0.05) is 13.0 Å². The minimum Gasteiger partial charge on any atom is -0.494 e. The molecule has 1 amide bonds. The minimum atomic E-state index is -0.428. The van der Waals surface area contributed by atoms with Crippen LogP contribution in [-0.2, 0) is 4.79 Å². The van der Waals surface area contributed by atoms with E-state index in [9.17, 15) is 9.18 Å². The first-order chi connectivity index (χ1) is 9.08. The molecule has 0 saturated carbocycles. The molecule has 104 valence electrons. The van der Waals surface area contributed by atoms with Crippen LogP contribution in [0.4, 0.5) is 4.39 Å². The summed E-state index contributed by atoms with van der Waals surface area (Å²) < 4.78 is 18.7. The van der Waals surface area contributed by atoms with Crippen molar-refractivity contribution in [2.45, 2.75) is 31.8 Å². The van der Waals surface area contributed by atoms with E-state index < -0.39 is 5.82 Å². The highest BCUT2D eigenvalue weighted by Gasteiger charge is 2.38. The van der Waals surface area contributed by atoms with Crippen LogP contribution in [0.25, 0.3) is 0 Å². The first-order valence-corrected chi connectivity index (χ1v) is 6.47. The molecule has 0 spiro atoms. The van der Waals surface area contributed by atoms with E-state index in [1.807, 2.05) is 6.92 Å². The van der Waals surface area contributed by atoms with Gasteiger partial charge in [-0.2, -0.15) is 0 Å². The number of nitrogens with two attached hydrogens (primary N) is 1. The van der Waals surface area contributed by atoms with Crippen molar-refractivity contribution in [1.29, 1.82) is 0 Å². The van der Waals surface area contributed by atoms with Gasteiger partial charge in [0.2, 0.25) is 5.91 Å². The van der Waals surface area contributed by atoms with Crippen molar-refractivity contribution in [3.63, 3.8) is 0 Å². The molecule has 1 aliphatic rings. The molecule has 2 N–H and O–H groups in total. The van der Waals surface area contributed by atoms with E-state index in [0.29, 0.717) is 13.0 Å². The van der Waals surface area contributed by atoms with Crippen molar-refractivity contribution in [3.05, 3.63) is 29.6 Å². The second kappa shape index (κ2) is 5.57. The topological polar surface area (TPSA) is 55.6 Å². The molecule has 2 rings (SSSR count). The van der Waals surface area contributed by atoms with Gasteiger partial charge in [0.05, 0.1) is 13.2 Å². The zero-order valence-electron chi connectivity index (χ0n) is 11.2. The summed E-state index contributed by atoms with van der Waals surface area (Å²) >= 11 is 0. The second-order valence-electron chi connectivity index (χ2n) is 4.79. The van der Waals surface area contributed by atoms with Gasteiger partial charge >= 0.3 is 0 Å². The number of rotatable bonds is 4. The molecule has 1 fully saturated rings. The van der Waals surface area contributed by atoms with E-state index in [-0.39, 0.29) is 23.7 Å². The molecule has 4 nitrogen and oxygen atoms in total. The van der Waals surface area contributed by atoms with Crippen LogP contribution in [0.5, 0.6) is 5.75 Å². The largest absolute Gasteiger partial charge is 0.494 e. The molecular formula is C14H19FN2O2. The van der Waals surface area contributed by atoms with Gasteiger partial charge < -0.3 is 15.4 Å². The molecule has 0 aliphatic carbocycles. The van der Waals surface area contributed by atoms with E-state index in [0.717, 1.165) is 12.0 Å². The number of ether oxygens (including phenoxy) is 1. The molecule has 1 aliphatic heterocycles. The Morgan fingerprint density at radius 1 is 1.53 bits per heavy atom. The Bertz CT molecular complexity index is 479. The van der Waals surface area contributed by atoms with Gasteiger partial charge in [0, 0.05) is 19.0 Å². The number of carbonyl (C=O) groups excluding carboxylic acids is 1. The number of halogens is 1. The third-order valence-electron chi connectivity index (χ3n) is 3.45. The fourth-order valence-electron chi connectivity index (χ4n) is 2.62. The van der Waals surface area contributed by atoms with Crippen molar-refractivity contribution in [3.8, 4) is 5.75 Å². The summed E-state index contributed by atoms with van der Waals surface area (Å²) in [6.07, 6.45) is 1.17. The second-order valence-corrected chi connectivity index (χ2v) is 4.79. The van der Waals surface area contributed by atoms with Crippen LogP contribution in [0.2, 0.25) is 0 Å².